The second kappa shape index (κ2) is 10.1. The van der Waals surface area contributed by atoms with Gasteiger partial charge in [0, 0.05) is 13.0 Å². The number of amides is 1. The Labute approximate surface area is 103 Å². The van der Waals surface area contributed by atoms with Crippen LogP contribution in [0.3, 0.4) is 0 Å². The molecule has 0 aliphatic carbocycles. The molecule has 0 fully saturated rings. The van der Waals surface area contributed by atoms with Gasteiger partial charge >= 0.3 is 5.97 Å². The van der Waals surface area contributed by atoms with Crippen molar-refractivity contribution in [1.29, 1.82) is 0 Å². The van der Waals surface area contributed by atoms with Gasteiger partial charge in [0.25, 0.3) is 0 Å². The molecule has 0 aliphatic heterocycles. The standard InChI is InChI=1S/C12H24N2O3/c1-3-5-7-10(13)12(16)14-9-6-8-11(15)17-4-2/h10H,3-9,13H2,1-2H3,(H,14,16)/t10-/m0/s1. The lowest BCUT2D eigenvalue weighted by molar-refractivity contribution is -0.143. The molecular weight excluding hydrogens is 220 g/mol. The van der Waals surface area contributed by atoms with Crippen molar-refractivity contribution in [3.8, 4) is 0 Å². The molecular formula is C12H24N2O3. The number of unbranched alkanes of at least 4 members (excludes halogenated alkanes) is 1. The summed E-state index contributed by atoms with van der Waals surface area (Å²) < 4.78 is 4.77. The lowest BCUT2D eigenvalue weighted by Crippen LogP contribution is -2.40. The number of carbonyl (C=O) groups excluding carboxylic acids is 2. The SMILES string of the molecule is CCCC[C@H](N)C(=O)NCCCC(=O)OCC. The fourth-order valence-corrected chi connectivity index (χ4v) is 1.36. The Balaban J connectivity index is 3.53. The molecule has 0 radical (unpaired) electrons. The highest BCUT2D eigenvalue weighted by Crippen LogP contribution is 1.98. The van der Waals surface area contributed by atoms with E-state index < -0.39 is 6.04 Å². The van der Waals surface area contributed by atoms with Gasteiger partial charge in [-0.3, -0.25) is 9.59 Å². The lowest BCUT2D eigenvalue weighted by Gasteiger charge is -2.11. The monoisotopic (exact) mass is 244 g/mol. The Kier molecular flexibility index (Phi) is 9.43. The van der Waals surface area contributed by atoms with Gasteiger partial charge in [0.15, 0.2) is 0 Å². The van der Waals surface area contributed by atoms with Gasteiger partial charge in [-0.2, -0.15) is 0 Å². The fraction of sp³-hybridized carbons (Fsp3) is 0.833. The van der Waals surface area contributed by atoms with Crippen LogP contribution in [0.2, 0.25) is 0 Å². The van der Waals surface area contributed by atoms with E-state index in [9.17, 15) is 9.59 Å². The molecule has 0 aromatic carbocycles. The summed E-state index contributed by atoms with van der Waals surface area (Å²) in [5.74, 6) is -0.362. The summed E-state index contributed by atoms with van der Waals surface area (Å²) in [7, 11) is 0. The molecule has 0 heterocycles. The first kappa shape index (κ1) is 15.9. The van der Waals surface area contributed by atoms with Crippen molar-refractivity contribution in [2.45, 2.75) is 52.0 Å². The van der Waals surface area contributed by atoms with Crippen molar-refractivity contribution in [1.82, 2.24) is 5.32 Å². The van der Waals surface area contributed by atoms with Crippen molar-refractivity contribution < 1.29 is 14.3 Å². The van der Waals surface area contributed by atoms with Gasteiger partial charge in [0.2, 0.25) is 5.91 Å². The molecule has 5 nitrogen and oxygen atoms in total. The predicted octanol–water partition coefficient (Wildman–Crippen LogP) is 0.963. The minimum Gasteiger partial charge on any atom is -0.466 e. The molecule has 0 saturated heterocycles. The van der Waals surface area contributed by atoms with E-state index in [-0.39, 0.29) is 11.9 Å². The van der Waals surface area contributed by atoms with E-state index in [1.165, 1.54) is 0 Å². The highest BCUT2D eigenvalue weighted by atomic mass is 16.5. The van der Waals surface area contributed by atoms with Gasteiger partial charge < -0.3 is 15.8 Å². The van der Waals surface area contributed by atoms with Crippen LogP contribution in [0.4, 0.5) is 0 Å². The zero-order valence-electron chi connectivity index (χ0n) is 10.8. The van der Waals surface area contributed by atoms with Crippen LogP contribution in [0, 0.1) is 0 Å². The highest BCUT2D eigenvalue weighted by molar-refractivity contribution is 5.81. The lowest BCUT2D eigenvalue weighted by atomic mass is 10.1. The summed E-state index contributed by atoms with van der Waals surface area (Å²) in [4.78, 5) is 22.5. The number of hydrogen-bond acceptors (Lipinski definition) is 4. The van der Waals surface area contributed by atoms with Gasteiger partial charge in [-0.25, -0.2) is 0 Å². The summed E-state index contributed by atoms with van der Waals surface area (Å²) in [5.41, 5.74) is 5.69. The van der Waals surface area contributed by atoms with Gasteiger partial charge in [-0.05, 0) is 19.8 Å². The predicted molar refractivity (Wildman–Crippen MR) is 66.4 cm³/mol. The normalized spacial score (nSPS) is 11.9. The molecule has 3 N–H and O–H groups in total. The number of carbonyl (C=O) groups is 2. The molecule has 1 amide bonds. The van der Waals surface area contributed by atoms with E-state index in [0.717, 1.165) is 12.8 Å². The molecule has 0 saturated carbocycles. The Hall–Kier alpha value is -1.10. The maximum Gasteiger partial charge on any atom is 0.305 e. The molecule has 0 unspecified atom stereocenters. The largest absolute Gasteiger partial charge is 0.466 e. The Morgan fingerprint density at radius 1 is 1.29 bits per heavy atom. The zero-order valence-corrected chi connectivity index (χ0v) is 10.8. The van der Waals surface area contributed by atoms with E-state index in [4.69, 9.17) is 10.5 Å². The number of ether oxygens (including phenoxy) is 1. The molecule has 0 bridgehead atoms. The van der Waals surface area contributed by atoms with E-state index >= 15 is 0 Å². The van der Waals surface area contributed by atoms with Crippen LogP contribution < -0.4 is 11.1 Å². The second-order valence-corrected chi connectivity index (χ2v) is 3.95. The minimum atomic E-state index is -0.433. The molecule has 0 aromatic rings. The highest BCUT2D eigenvalue weighted by Gasteiger charge is 2.11. The maximum absolute atomic E-state index is 11.5. The third-order valence-electron chi connectivity index (χ3n) is 2.37. The molecule has 0 rings (SSSR count). The van der Waals surface area contributed by atoms with E-state index in [0.29, 0.717) is 32.4 Å². The van der Waals surface area contributed by atoms with Crippen molar-refractivity contribution in [2.24, 2.45) is 5.73 Å². The fourth-order valence-electron chi connectivity index (χ4n) is 1.36. The molecule has 5 heteroatoms. The molecule has 0 spiro atoms. The Morgan fingerprint density at radius 2 is 2.00 bits per heavy atom. The van der Waals surface area contributed by atoms with Crippen molar-refractivity contribution >= 4 is 11.9 Å². The first-order chi connectivity index (χ1) is 8.11. The maximum atomic E-state index is 11.5. The van der Waals surface area contributed by atoms with Crippen LogP contribution in [0.5, 0.6) is 0 Å². The third-order valence-corrected chi connectivity index (χ3v) is 2.37. The summed E-state index contributed by atoms with van der Waals surface area (Å²) >= 11 is 0. The van der Waals surface area contributed by atoms with Crippen molar-refractivity contribution in [2.75, 3.05) is 13.2 Å². The summed E-state index contributed by atoms with van der Waals surface area (Å²) in [6, 6.07) is -0.433. The van der Waals surface area contributed by atoms with Crippen molar-refractivity contribution in [3.63, 3.8) is 0 Å². The van der Waals surface area contributed by atoms with Crippen LogP contribution >= 0.6 is 0 Å². The summed E-state index contributed by atoms with van der Waals surface area (Å²) in [5, 5.41) is 2.72. The topological polar surface area (TPSA) is 81.4 Å². The average Bonchev–Trinajstić information content (AvgIpc) is 2.31. The molecule has 0 aromatic heterocycles. The van der Waals surface area contributed by atoms with Crippen LogP contribution in [0.1, 0.15) is 46.0 Å². The van der Waals surface area contributed by atoms with Gasteiger partial charge in [0.1, 0.15) is 0 Å². The van der Waals surface area contributed by atoms with Gasteiger partial charge in [-0.15, -0.1) is 0 Å². The first-order valence-electron chi connectivity index (χ1n) is 6.30. The number of rotatable bonds is 9. The second-order valence-electron chi connectivity index (χ2n) is 3.95. The minimum absolute atomic E-state index is 0.137. The smallest absolute Gasteiger partial charge is 0.305 e. The molecule has 17 heavy (non-hydrogen) atoms. The summed E-state index contributed by atoms with van der Waals surface area (Å²) in [6.45, 7) is 4.70. The van der Waals surface area contributed by atoms with Crippen LogP contribution in [0.15, 0.2) is 0 Å². The van der Waals surface area contributed by atoms with E-state index in [1.54, 1.807) is 6.92 Å². The van der Waals surface area contributed by atoms with Crippen LogP contribution in [-0.2, 0) is 14.3 Å². The number of nitrogens with one attached hydrogen (secondary N) is 1. The van der Waals surface area contributed by atoms with Crippen LogP contribution in [0.25, 0.3) is 0 Å². The quantitative estimate of drug-likeness (QED) is 0.467. The number of nitrogens with two attached hydrogens (primary N) is 1. The van der Waals surface area contributed by atoms with Crippen molar-refractivity contribution in [3.05, 3.63) is 0 Å². The number of hydrogen-bond donors (Lipinski definition) is 2. The van der Waals surface area contributed by atoms with Crippen LogP contribution in [-0.4, -0.2) is 31.1 Å². The third kappa shape index (κ3) is 8.68. The van der Waals surface area contributed by atoms with E-state index in [1.807, 2.05) is 0 Å². The average molecular weight is 244 g/mol. The van der Waals surface area contributed by atoms with Gasteiger partial charge in [-0.1, -0.05) is 19.8 Å². The Bertz CT molecular complexity index is 232. The molecule has 1 atom stereocenters. The summed E-state index contributed by atoms with van der Waals surface area (Å²) in [6.07, 6.45) is 3.62. The Morgan fingerprint density at radius 3 is 2.59 bits per heavy atom. The molecule has 100 valence electrons. The first-order valence-corrected chi connectivity index (χ1v) is 6.30. The molecule has 0 aliphatic rings. The van der Waals surface area contributed by atoms with Gasteiger partial charge in [0.05, 0.1) is 12.6 Å². The number of esters is 1. The zero-order chi connectivity index (χ0) is 13.1. The van der Waals surface area contributed by atoms with E-state index in [2.05, 4.69) is 12.2 Å².